The molecule has 1 heterocycles. The van der Waals surface area contributed by atoms with Gasteiger partial charge >= 0.3 is 0 Å². The molecule has 25 heavy (non-hydrogen) atoms. The van der Waals surface area contributed by atoms with Gasteiger partial charge in [-0.15, -0.1) is 0 Å². The fourth-order valence-electron chi connectivity index (χ4n) is 2.78. The molecular weight excluding hydrogens is 342 g/mol. The number of likely N-dealkylation sites (N-methyl/N-ethyl adjacent to an activating group) is 1. The molecule has 1 fully saturated rings. The number of ether oxygens (including phenoxy) is 1. The molecule has 0 aliphatic carbocycles. The van der Waals surface area contributed by atoms with Gasteiger partial charge in [0.15, 0.2) is 0 Å². The van der Waals surface area contributed by atoms with Crippen LogP contribution in [0, 0.1) is 0 Å². The Kier molecular flexibility index (Phi) is 6.57. The molecule has 0 aromatic heterocycles. The van der Waals surface area contributed by atoms with Crippen LogP contribution in [0.1, 0.15) is 18.4 Å². The number of benzene rings is 1. The van der Waals surface area contributed by atoms with E-state index in [4.69, 9.17) is 4.74 Å². The lowest BCUT2D eigenvalue weighted by Gasteiger charge is -2.30. The Bertz CT molecular complexity index is 740. The van der Waals surface area contributed by atoms with Crippen molar-refractivity contribution < 1.29 is 17.9 Å². The number of nitrogens with zero attached hydrogens (tertiary/aromatic N) is 1. The van der Waals surface area contributed by atoms with Crippen LogP contribution in [0.5, 0.6) is 5.75 Å². The smallest absolute Gasteiger partial charge is 0.246 e. The average Bonchev–Trinajstić information content (AvgIpc) is 2.65. The Labute approximate surface area is 149 Å². The van der Waals surface area contributed by atoms with Gasteiger partial charge in [0, 0.05) is 19.2 Å². The second-order valence-corrected chi connectivity index (χ2v) is 7.74. The topological polar surface area (TPSA) is 87.7 Å². The standard InChI is InChI=1S/C17H25N3O4S/c1-18-25(22,23)16-12-13(4-6-15(16)24-3)5-7-17(21)20(2)14-8-10-19-11-9-14/h4-7,12,14,18-19H,8-11H2,1-3H3/b7-5+. The molecule has 0 radical (unpaired) electrons. The van der Waals surface area contributed by atoms with Gasteiger partial charge in [0.1, 0.15) is 10.6 Å². The third-order valence-electron chi connectivity index (χ3n) is 4.37. The number of methoxy groups -OCH3 is 1. The van der Waals surface area contributed by atoms with Crippen LogP contribution in [0.25, 0.3) is 6.08 Å². The maximum absolute atomic E-state index is 12.3. The van der Waals surface area contributed by atoms with Gasteiger partial charge < -0.3 is 15.0 Å². The van der Waals surface area contributed by atoms with Crippen LogP contribution >= 0.6 is 0 Å². The second kappa shape index (κ2) is 8.46. The molecule has 0 spiro atoms. The van der Waals surface area contributed by atoms with E-state index in [1.165, 1.54) is 26.3 Å². The summed E-state index contributed by atoms with van der Waals surface area (Å²) < 4.78 is 31.6. The van der Waals surface area contributed by atoms with Crippen molar-refractivity contribution in [1.82, 2.24) is 14.9 Å². The number of piperidine rings is 1. The van der Waals surface area contributed by atoms with Crippen molar-refractivity contribution in [3.63, 3.8) is 0 Å². The first-order valence-electron chi connectivity index (χ1n) is 8.16. The molecular formula is C17H25N3O4S. The van der Waals surface area contributed by atoms with Crippen LogP contribution in [0.15, 0.2) is 29.2 Å². The molecule has 1 amide bonds. The summed E-state index contributed by atoms with van der Waals surface area (Å²) in [4.78, 5) is 14.1. The SMILES string of the molecule is CNS(=O)(=O)c1cc(/C=C/C(=O)N(C)C2CCNCC2)ccc1OC. The third kappa shape index (κ3) is 4.81. The van der Waals surface area contributed by atoms with Crippen LogP contribution in [0.3, 0.4) is 0 Å². The van der Waals surface area contributed by atoms with E-state index in [0.717, 1.165) is 25.9 Å². The van der Waals surface area contributed by atoms with Gasteiger partial charge in [-0.3, -0.25) is 4.79 Å². The largest absolute Gasteiger partial charge is 0.495 e. The number of carbonyl (C=O) groups is 1. The molecule has 1 aromatic rings. The number of nitrogens with one attached hydrogen (secondary N) is 2. The maximum atomic E-state index is 12.3. The fourth-order valence-corrected chi connectivity index (χ4v) is 3.70. The van der Waals surface area contributed by atoms with E-state index in [-0.39, 0.29) is 22.6 Å². The van der Waals surface area contributed by atoms with E-state index in [9.17, 15) is 13.2 Å². The van der Waals surface area contributed by atoms with Crippen molar-refractivity contribution in [1.29, 1.82) is 0 Å². The van der Waals surface area contributed by atoms with Crippen molar-refractivity contribution in [3.8, 4) is 5.75 Å². The van der Waals surface area contributed by atoms with Gasteiger partial charge in [0.25, 0.3) is 0 Å². The van der Waals surface area contributed by atoms with Crippen molar-refractivity contribution in [2.45, 2.75) is 23.8 Å². The Balaban J connectivity index is 2.17. The van der Waals surface area contributed by atoms with E-state index in [0.29, 0.717) is 5.56 Å². The molecule has 1 aliphatic rings. The van der Waals surface area contributed by atoms with E-state index >= 15 is 0 Å². The highest BCUT2D eigenvalue weighted by molar-refractivity contribution is 7.89. The summed E-state index contributed by atoms with van der Waals surface area (Å²) in [6.07, 6.45) is 4.96. The van der Waals surface area contributed by atoms with Crippen LogP contribution in [0.4, 0.5) is 0 Å². The fraction of sp³-hybridized carbons (Fsp3) is 0.471. The Morgan fingerprint density at radius 3 is 2.64 bits per heavy atom. The number of rotatable bonds is 6. The molecule has 138 valence electrons. The van der Waals surface area contributed by atoms with Gasteiger partial charge in [-0.2, -0.15) is 0 Å². The highest BCUT2D eigenvalue weighted by atomic mass is 32.2. The number of amides is 1. The van der Waals surface area contributed by atoms with Crippen LogP contribution < -0.4 is 14.8 Å². The van der Waals surface area contributed by atoms with Crippen LogP contribution in [0.2, 0.25) is 0 Å². The van der Waals surface area contributed by atoms with Crippen molar-refractivity contribution >= 4 is 22.0 Å². The van der Waals surface area contributed by atoms with E-state index in [2.05, 4.69) is 10.0 Å². The summed E-state index contributed by atoms with van der Waals surface area (Å²) in [7, 11) is 0.908. The Morgan fingerprint density at radius 2 is 2.04 bits per heavy atom. The Morgan fingerprint density at radius 1 is 1.36 bits per heavy atom. The average molecular weight is 367 g/mol. The summed E-state index contributed by atoms with van der Waals surface area (Å²) in [5.74, 6) is 0.158. The van der Waals surface area contributed by atoms with Crippen molar-refractivity contribution in [2.75, 3.05) is 34.3 Å². The summed E-state index contributed by atoms with van der Waals surface area (Å²) in [6, 6.07) is 5.00. The van der Waals surface area contributed by atoms with E-state index in [1.54, 1.807) is 30.2 Å². The molecule has 7 nitrogen and oxygen atoms in total. The minimum Gasteiger partial charge on any atom is -0.495 e. The minimum atomic E-state index is -3.65. The lowest BCUT2D eigenvalue weighted by Crippen LogP contribution is -2.43. The zero-order valence-electron chi connectivity index (χ0n) is 14.8. The summed E-state index contributed by atoms with van der Waals surface area (Å²) >= 11 is 0. The van der Waals surface area contributed by atoms with Crippen molar-refractivity contribution in [3.05, 3.63) is 29.8 Å². The normalized spacial score (nSPS) is 16.1. The lowest BCUT2D eigenvalue weighted by atomic mass is 10.1. The highest BCUT2D eigenvalue weighted by Crippen LogP contribution is 2.25. The zero-order valence-corrected chi connectivity index (χ0v) is 15.6. The predicted octanol–water partition coefficient (Wildman–Crippen LogP) is 0.827. The lowest BCUT2D eigenvalue weighted by molar-refractivity contribution is -0.127. The van der Waals surface area contributed by atoms with E-state index in [1.807, 2.05) is 0 Å². The first-order valence-corrected chi connectivity index (χ1v) is 9.64. The number of hydrogen-bond acceptors (Lipinski definition) is 5. The van der Waals surface area contributed by atoms with Gasteiger partial charge in [0.05, 0.1) is 7.11 Å². The zero-order chi connectivity index (χ0) is 18.4. The first-order chi connectivity index (χ1) is 11.9. The summed E-state index contributed by atoms with van der Waals surface area (Å²) in [5.41, 5.74) is 0.613. The molecule has 0 unspecified atom stereocenters. The van der Waals surface area contributed by atoms with Gasteiger partial charge in [0.2, 0.25) is 15.9 Å². The molecule has 2 rings (SSSR count). The highest BCUT2D eigenvalue weighted by Gasteiger charge is 2.21. The van der Waals surface area contributed by atoms with Crippen LogP contribution in [-0.4, -0.2) is 59.6 Å². The Hall–Kier alpha value is -1.90. The first kappa shape index (κ1) is 19.4. The number of carbonyl (C=O) groups excluding carboxylic acids is 1. The second-order valence-electron chi connectivity index (χ2n) is 5.88. The molecule has 8 heteroatoms. The molecule has 1 aromatic carbocycles. The number of hydrogen-bond donors (Lipinski definition) is 2. The number of sulfonamides is 1. The van der Waals surface area contributed by atoms with Crippen LogP contribution in [-0.2, 0) is 14.8 Å². The van der Waals surface area contributed by atoms with Gasteiger partial charge in [-0.25, -0.2) is 13.1 Å². The monoisotopic (exact) mass is 367 g/mol. The molecule has 0 saturated carbocycles. The quantitative estimate of drug-likeness (QED) is 0.727. The van der Waals surface area contributed by atoms with E-state index < -0.39 is 10.0 Å². The molecule has 0 atom stereocenters. The van der Waals surface area contributed by atoms with Gasteiger partial charge in [-0.05, 0) is 56.8 Å². The maximum Gasteiger partial charge on any atom is 0.246 e. The summed E-state index contributed by atoms with van der Waals surface area (Å²) in [6.45, 7) is 1.82. The molecule has 1 aliphatic heterocycles. The predicted molar refractivity (Wildman–Crippen MR) is 96.9 cm³/mol. The third-order valence-corrected chi connectivity index (χ3v) is 5.80. The summed E-state index contributed by atoms with van der Waals surface area (Å²) in [5, 5.41) is 3.27. The van der Waals surface area contributed by atoms with Gasteiger partial charge in [-0.1, -0.05) is 6.07 Å². The minimum absolute atomic E-state index is 0.0406. The molecule has 0 bridgehead atoms. The molecule has 2 N–H and O–H groups in total. The molecule has 1 saturated heterocycles. The van der Waals surface area contributed by atoms with Crippen molar-refractivity contribution in [2.24, 2.45) is 0 Å².